The molecule has 0 bridgehead atoms. The second-order valence-corrected chi connectivity index (χ2v) is 8.57. The molecule has 1 amide bonds. The fourth-order valence-electron chi connectivity index (χ4n) is 3.88. The van der Waals surface area contributed by atoms with Crippen molar-refractivity contribution in [1.82, 2.24) is 34.9 Å². The Morgan fingerprint density at radius 3 is 2.53 bits per heavy atom. The van der Waals surface area contributed by atoms with Gasteiger partial charge in [0.1, 0.15) is 11.6 Å². The van der Waals surface area contributed by atoms with E-state index in [-0.39, 0.29) is 39.4 Å². The van der Waals surface area contributed by atoms with Crippen molar-refractivity contribution in [3.63, 3.8) is 0 Å². The number of carbonyl (C=O) groups excluding carboxylic acids is 1. The van der Waals surface area contributed by atoms with Crippen LogP contribution in [-0.2, 0) is 13.0 Å². The zero-order valence-electron chi connectivity index (χ0n) is 19.3. The third-order valence-electron chi connectivity index (χ3n) is 5.55. The standard InChI is InChI=1S/C24H19F4N7O/c1-12(2)29-22(36)14-5-4-13(10-17(14)25)18-8-9-20-30-31-23(35(20)33-18)24(27,28)16-6-7-19-15(21(16)26)11-34(3)32-19/h4-12H,1-3H3,(H,29,36). The Labute approximate surface area is 201 Å². The van der Waals surface area contributed by atoms with Gasteiger partial charge >= 0.3 is 5.92 Å². The number of hydrogen-bond donors (Lipinski definition) is 1. The summed E-state index contributed by atoms with van der Waals surface area (Å²) >= 11 is 0. The molecular weight excluding hydrogens is 478 g/mol. The Morgan fingerprint density at radius 1 is 1.03 bits per heavy atom. The molecule has 0 aliphatic heterocycles. The van der Waals surface area contributed by atoms with Crippen LogP contribution in [0.5, 0.6) is 0 Å². The fourth-order valence-corrected chi connectivity index (χ4v) is 3.88. The highest BCUT2D eigenvalue weighted by molar-refractivity contribution is 5.95. The van der Waals surface area contributed by atoms with Crippen molar-refractivity contribution in [2.24, 2.45) is 7.05 Å². The minimum absolute atomic E-state index is 0.00954. The molecule has 0 atom stereocenters. The Kier molecular flexibility index (Phi) is 5.46. The number of alkyl halides is 2. The van der Waals surface area contributed by atoms with Gasteiger partial charge in [-0.15, -0.1) is 10.2 Å². The van der Waals surface area contributed by atoms with Gasteiger partial charge in [-0.1, -0.05) is 6.07 Å². The van der Waals surface area contributed by atoms with Crippen LogP contribution >= 0.6 is 0 Å². The number of rotatable bonds is 5. The third kappa shape index (κ3) is 3.84. The summed E-state index contributed by atoms with van der Waals surface area (Å²) in [5.74, 6) is -7.31. The van der Waals surface area contributed by atoms with Gasteiger partial charge < -0.3 is 5.32 Å². The number of fused-ring (bicyclic) bond motifs is 2. The van der Waals surface area contributed by atoms with E-state index in [0.29, 0.717) is 0 Å². The molecule has 5 aromatic rings. The lowest BCUT2D eigenvalue weighted by Gasteiger charge is -2.16. The van der Waals surface area contributed by atoms with E-state index in [4.69, 9.17) is 0 Å². The van der Waals surface area contributed by atoms with Gasteiger partial charge in [0.15, 0.2) is 5.65 Å². The Balaban J connectivity index is 1.57. The predicted molar refractivity (Wildman–Crippen MR) is 122 cm³/mol. The summed E-state index contributed by atoms with van der Waals surface area (Å²) in [4.78, 5) is 12.2. The second-order valence-electron chi connectivity index (χ2n) is 8.57. The van der Waals surface area contributed by atoms with Crippen molar-refractivity contribution >= 4 is 22.5 Å². The minimum Gasteiger partial charge on any atom is -0.350 e. The van der Waals surface area contributed by atoms with Gasteiger partial charge in [0.2, 0.25) is 5.82 Å². The average molecular weight is 497 g/mol. The van der Waals surface area contributed by atoms with Crippen molar-refractivity contribution in [3.8, 4) is 11.3 Å². The van der Waals surface area contributed by atoms with Gasteiger partial charge in [0.25, 0.3) is 5.91 Å². The van der Waals surface area contributed by atoms with Gasteiger partial charge in [0.05, 0.1) is 27.7 Å². The SMILES string of the molecule is CC(C)NC(=O)c1ccc(-c2ccc3nnc(C(F)(F)c4ccc5nn(C)cc5c4F)n3n2)cc1F. The molecule has 3 heterocycles. The normalized spacial score (nSPS) is 12.1. The molecule has 0 aliphatic carbocycles. The van der Waals surface area contributed by atoms with Gasteiger partial charge in [-0.05, 0) is 50.2 Å². The predicted octanol–water partition coefficient (Wildman–Crippen LogP) is 4.23. The number of benzene rings is 2. The molecule has 0 radical (unpaired) electrons. The van der Waals surface area contributed by atoms with Gasteiger partial charge in [-0.25, -0.2) is 8.78 Å². The summed E-state index contributed by atoms with van der Waals surface area (Å²) in [6.07, 6.45) is 1.31. The molecular formula is C24H19F4N7O. The molecule has 1 N–H and O–H groups in total. The molecule has 3 aromatic heterocycles. The molecule has 0 saturated heterocycles. The second kappa shape index (κ2) is 8.40. The maximum atomic E-state index is 15.6. The summed E-state index contributed by atoms with van der Waals surface area (Å²) < 4.78 is 63.0. The largest absolute Gasteiger partial charge is 0.350 e. The molecule has 2 aromatic carbocycles. The van der Waals surface area contributed by atoms with E-state index in [9.17, 15) is 9.18 Å². The Hall–Kier alpha value is -4.35. The number of carbonyl (C=O) groups is 1. The first-order chi connectivity index (χ1) is 17.1. The maximum Gasteiger partial charge on any atom is 0.336 e. The number of hydrogen-bond acceptors (Lipinski definition) is 5. The first kappa shape index (κ1) is 23.4. The van der Waals surface area contributed by atoms with Crippen LogP contribution < -0.4 is 5.32 Å². The molecule has 12 heteroatoms. The van der Waals surface area contributed by atoms with E-state index < -0.39 is 34.9 Å². The van der Waals surface area contributed by atoms with E-state index in [1.54, 1.807) is 20.9 Å². The van der Waals surface area contributed by atoms with Crippen molar-refractivity contribution in [1.29, 1.82) is 0 Å². The number of amides is 1. The number of nitrogens with one attached hydrogen (secondary N) is 1. The van der Waals surface area contributed by atoms with Crippen molar-refractivity contribution in [2.75, 3.05) is 0 Å². The molecule has 8 nitrogen and oxygen atoms in total. The van der Waals surface area contributed by atoms with Crippen LogP contribution in [0.3, 0.4) is 0 Å². The van der Waals surface area contributed by atoms with Crippen molar-refractivity contribution < 1.29 is 22.4 Å². The zero-order valence-corrected chi connectivity index (χ0v) is 19.3. The molecule has 0 aliphatic rings. The smallest absolute Gasteiger partial charge is 0.336 e. The lowest BCUT2D eigenvalue weighted by atomic mass is 10.0. The van der Waals surface area contributed by atoms with Crippen LogP contribution in [0, 0.1) is 11.6 Å². The number of halogens is 4. The summed E-state index contributed by atoms with van der Waals surface area (Å²) in [7, 11) is 1.56. The topological polar surface area (TPSA) is 90.0 Å². The van der Waals surface area contributed by atoms with Gasteiger partial charge in [-0.3, -0.25) is 9.48 Å². The van der Waals surface area contributed by atoms with E-state index in [1.165, 1.54) is 41.2 Å². The first-order valence-corrected chi connectivity index (χ1v) is 10.9. The summed E-state index contributed by atoms with van der Waals surface area (Å²) in [6.45, 7) is 3.49. The van der Waals surface area contributed by atoms with Crippen LogP contribution in [0.4, 0.5) is 17.6 Å². The van der Waals surface area contributed by atoms with Gasteiger partial charge in [-0.2, -0.15) is 23.5 Å². The lowest BCUT2D eigenvalue weighted by molar-refractivity contribution is 0.0271. The molecule has 5 rings (SSSR count). The summed E-state index contributed by atoms with van der Waals surface area (Å²) in [6, 6.07) is 8.72. The zero-order chi connectivity index (χ0) is 25.8. The molecule has 36 heavy (non-hydrogen) atoms. The molecule has 0 saturated carbocycles. The van der Waals surface area contributed by atoms with Crippen LogP contribution in [-0.4, -0.2) is 41.5 Å². The molecule has 0 fully saturated rings. The van der Waals surface area contributed by atoms with Crippen LogP contribution in [0.15, 0.2) is 48.7 Å². The Bertz CT molecular complexity index is 1640. The van der Waals surface area contributed by atoms with Gasteiger partial charge in [0, 0.05) is 24.8 Å². The highest BCUT2D eigenvalue weighted by atomic mass is 19.3. The van der Waals surface area contributed by atoms with Crippen molar-refractivity contribution in [3.05, 3.63) is 77.2 Å². The minimum atomic E-state index is -3.90. The van der Waals surface area contributed by atoms with Crippen LogP contribution in [0.25, 0.3) is 27.8 Å². The van der Waals surface area contributed by atoms with Crippen molar-refractivity contribution in [2.45, 2.75) is 25.8 Å². The van der Waals surface area contributed by atoms with Crippen LogP contribution in [0.2, 0.25) is 0 Å². The summed E-state index contributed by atoms with van der Waals surface area (Å²) in [5, 5.41) is 18.0. The van der Waals surface area contributed by atoms with E-state index in [0.717, 1.165) is 16.6 Å². The molecule has 0 spiro atoms. The monoisotopic (exact) mass is 497 g/mol. The third-order valence-corrected chi connectivity index (χ3v) is 5.55. The number of nitrogens with zero attached hydrogens (tertiary/aromatic N) is 6. The number of aryl methyl sites for hydroxylation is 1. The lowest BCUT2D eigenvalue weighted by Crippen LogP contribution is -2.30. The van der Waals surface area contributed by atoms with E-state index in [1.807, 2.05) is 0 Å². The molecule has 184 valence electrons. The van der Waals surface area contributed by atoms with E-state index >= 15 is 13.2 Å². The highest BCUT2D eigenvalue weighted by Crippen LogP contribution is 2.38. The maximum absolute atomic E-state index is 15.6. The summed E-state index contributed by atoms with van der Waals surface area (Å²) in [5.41, 5.74) is -0.487. The quantitative estimate of drug-likeness (QED) is 0.367. The highest BCUT2D eigenvalue weighted by Gasteiger charge is 2.43. The first-order valence-electron chi connectivity index (χ1n) is 10.9. The van der Waals surface area contributed by atoms with Crippen LogP contribution in [0.1, 0.15) is 35.6 Å². The Morgan fingerprint density at radius 2 is 1.81 bits per heavy atom. The van der Waals surface area contributed by atoms with E-state index in [2.05, 4.69) is 25.7 Å². The molecule has 0 unspecified atom stereocenters. The average Bonchev–Trinajstić information content (AvgIpc) is 3.41. The fraction of sp³-hybridized carbons (Fsp3) is 0.208. The number of aromatic nitrogens is 6.